The molecule has 0 atom stereocenters. The Morgan fingerprint density at radius 3 is 2.59 bits per heavy atom. The second-order valence-corrected chi connectivity index (χ2v) is 9.52. The summed E-state index contributed by atoms with van der Waals surface area (Å²) in [6, 6.07) is 19.1. The molecule has 0 aliphatic heterocycles. The van der Waals surface area contributed by atoms with Crippen LogP contribution in [-0.4, -0.2) is 19.1 Å². The van der Waals surface area contributed by atoms with Crippen LogP contribution in [0, 0.1) is 5.92 Å². The lowest BCUT2D eigenvalue weighted by Crippen LogP contribution is -2.27. The van der Waals surface area contributed by atoms with Crippen molar-refractivity contribution in [2.75, 3.05) is 18.5 Å². The highest BCUT2D eigenvalue weighted by Crippen LogP contribution is 2.38. The zero-order valence-corrected chi connectivity index (χ0v) is 22.0. The monoisotopic (exact) mass is 544 g/mol. The molecule has 0 heterocycles. The van der Waals surface area contributed by atoms with E-state index in [2.05, 4.69) is 40.4 Å². The third kappa shape index (κ3) is 7.40. The van der Waals surface area contributed by atoms with Crippen LogP contribution >= 0.6 is 27.5 Å². The molecule has 1 amide bonds. The predicted octanol–water partition coefficient (Wildman–Crippen LogP) is 7.08. The Hall–Kier alpha value is -2.70. The van der Waals surface area contributed by atoms with E-state index in [4.69, 9.17) is 21.1 Å². The predicted molar refractivity (Wildman–Crippen MR) is 142 cm³/mol. The highest BCUT2D eigenvalue weighted by Gasteiger charge is 2.14. The van der Waals surface area contributed by atoms with E-state index in [9.17, 15) is 4.79 Å². The Balaban J connectivity index is 1.70. The van der Waals surface area contributed by atoms with E-state index < -0.39 is 0 Å². The minimum atomic E-state index is -0.0706. The lowest BCUT2D eigenvalue weighted by Gasteiger charge is -2.16. The maximum Gasteiger partial charge on any atom is 0.251 e. The van der Waals surface area contributed by atoms with Crippen molar-refractivity contribution in [1.29, 1.82) is 0 Å². The van der Waals surface area contributed by atoms with Crippen molar-refractivity contribution in [3.05, 3.63) is 86.8 Å². The van der Waals surface area contributed by atoms with Crippen LogP contribution in [0.3, 0.4) is 0 Å². The second-order valence-electron chi connectivity index (χ2n) is 8.26. The van der Waals surface area contributed by atoms with Crippen LogP contribution in [0.1, 0.15) is 42.3 Å². The summed E-state index contributed by atoms with van der Waals surface area (Å²) >= 11 is 9.89. The first-order valence-corrected chi connectivity index (χ1v) is 12.5. The number of hydrogen-bond acceptors (Lipinski definition) is 4. The fraction of sp³-hybridized carbons (Fsp3) is 0.296. The molecule has 0 fully saturated rings. The van der Waals surface area contributed by atoms with Crippen molar-refractivity contribution in [3.8, 4) is 11.5 Å². The minimum Gasteiger partial charge on any atom is -0.490 e. The van der Waals surface area contributed by atoms with Crippen molar-refractivity contribution >= 4 is 39.1 Å². The van der Waals surface area contributed by atoms with Crippen LogP contribution in [0.5, 0.6) is 11.5 Å². The molecule has 0 unspecified atom stereocenters. The molecular formula is C27H30BrClN2O3. The van der Waals surface area contributed by atoms with Gasteiger partial charge < -0.3 is 20.1 Å². The Bertz CT molecular complexity index is 1120. The Morgan fingerprint density at radius 2 is 1.85 bits per heavy atom. The lowest BCUT2D eigenvalue weighted by atomic mass is 10.1. The molecule has 5 nitrogen and oxygen atoms in total. The minimum absolute atomic E-state index is 0.0706. The highest BCUT2D eigenvalue weighted by atomic mass is 79.9. The van der Waals surface area contributed by atoms with Crippen molar-refractivity contribution in [1.82, 2.24) is 5.32 Å². The van der Waals surface area contributed by atoms with Gasteiger partial charge in [-0.05, 0) is 70.7 Å². The van der Waals surface area contributed by atoms with Crippen LogP contribution in [0.15, 0.2) is 65.1 Å². The van der Waals surface area contributed by atoms with E-state index >= 15 is 0 Å². The fourth-order valence-corrected chi connectivity index (χ4v) is 4.06. The molecular weight excluding hydrogens is 516 g/mol. The first-order valence-electron chi connectivity index (χ1n) is 11.3. The number of hydrogen-bond donors (Lipinski definition) is 2. The van der Waals surface area contributed by atoms with Gasteiger partial charge in [-0.2, -0.15) is 0 Å². The van der Waals surface area contributed by atoms with E-state index in [1.807, 2.05) is 67.6 Å². The van der Waals surface area contributed by atoms with Crippen molar-refractivity contribution < 1.29 is 14.3 Å². The van der Waals surface area contributed by atoms with Gasteiger partial charge in [0.1, 0.15) is 6.61 Å². The molecule has 180 valence electrons. The number of carbonyl (C=O) groups excluding carboxylic acids is 1. The molecule has 0 aliphatic rings. The van der Waals surface area contributed by atoms with Crippen LogP contribution in [-0.2, 0) is 13.2 Å². The first-order chi connectivity index (χ1) is 16.4. The fourth-order valence-electron chi connectivity index (χ4n) is 3.27. The smallest absolute Gasteiger partial charge is 0.251 e. The average molecular weight is 546 g/mol. The summed E-state index contributed by atoms with van der Waals surface area (Å²) in [5.74, 6) is 1.62. The molecule has 3 aromatic rings. The summed E-state index contributed by atoms with van der Waals surface area (Å²) in [6.07, 6.45) is 0. The van der Waals surface area contributed by atoms with Gasteiger partial charge in [-0.1, -0.05) is 49.7 Å². The third-order valence-electron chi connectivity index (χ3n) is 4.99. The first kappa shape index (κ1) is 25.9. The molecule has 0 spiro atoms. The SMILES string of the molecule is CCOc1cc(CNc2cccc(C(=O)NCC(C)C)c2)cc(Br)c1OCc1ccccc1Cl. The van der Waals surface area contributed by atoms with Crippen molar-refractivity contribution in [2.24, 2.45) is 5.92 Å². The molecule has 34 heavy (non-hydrogen) atoms. The van der Waals surface area contributed by atoms with Crippen LogP contribution in [0.25, 0.3) is 0 Å². The van der Waals surface area contributed by atoms with E-state index in [1.54, 1.807) is 0 Å². The lowest BCUT2D eigenvalue weighted by molar-refractivity contribution is 0.0949. The van der Waals surface area contributed by atoms with Gasteiger partial charge in [-0.15, -0.1) is 0 Å². The van der Waals surface area contributed by atoms with E-state index in [0.29, 0.717) is 54.3 Å². The van der Waals surface area contributed by atoms with E-state index in [0.717, 1.165) is 21.3 Å². The molecule has 0 radical (unpaired) electrons. The van der Waals surface area contributed by atoms with Gasteiger partial charge >= 0.3 is 0 Å². The van der Waals surface area contributed by atoms with E-state index in [-0.39, 0.29) is 5.91 Å². The Kier molecular flexibility index (Phi) is 9.66. The molecule has 3 aromatic carbocycles. The number of nitrogens with one attached hydrogen (secondary N) is 2. The summed E-state index contributed by atoms with van der Waals surface area (Å²) in [6.45, 7) is 8.13. The van der Waals surface area contributed by atoms with Gasteiger partial charge in [0.15, 0.2) is 11.5 Å². The maximum absolute atomic E-state index is 12.4. The molecule has 2 N–H and O–H groups in total. The summed E-state index contributed by atoms with van der Waals surface area (Å²) in [7, 11) is 0. The van der Waals surface area contributed by atoms with Gasteiger partial charge in [0, 0.05) is 34.9 Å². The van der Waals surface area contributed by atoms with Crippen molar-refractivity contribution in [3.63, 3.8) is 0 Å². The third-order valence-corrected chi connectivity index (χ3v) is 5.95. The topological polar surface area (TPSA) is 59.6 Å². The quantitative estimate of drug-likeness (QED) is 0.270. The van der Waals surface area contributed by atoms with Gasteiger partial charge in [0.05, 0.1) is 11.1 Å². The van der Waals surface area contributed by atoms with Gasteiger partial charge in [0.2, 0.25) is 0 Å². The molecule has 0 saturated carbocycles. The average Bonchev–Trinajstić information content (AvgIpc) is 2.82. The summed E-state index contributed by atoms with van der Waals surface area (Å²) in [4.78, 5) is 12.4. The number of carbonyl (C=O) groups is 1. The van der Waals surface area contributed by atoms with Crippen LogP contribution in [0.2, 0.25) is 5.02 Å². The number of rotatable bonds is 11. The van der Waals surface area contributed by atoms with Gasteiger partial charge in [-0.3, -0.25) is 4.79 Å². The van der Waals surface area contributed by atoms with Gasteiger partial charge in [-0.25, -0.2) is 0 Å². The number of benzene rings is 3. The van der Waals surface area contributed by atoms with E-state index in [1.165, 1.54) is 0 Å². The zero-order valence-electron chi connectivity index (χ0n) is 19.7. The summed E-state index contributed by atoms with van der Waals surface area (Å²) < 4.78 is 12.7. The Morgan fingerprint density at radius 1 is 1.06 bits per heavy atom. The largest absolute Gasteiger partial charge is 0.490 e. The molecule has 0 aliphatic carbocycles. The number of halogens is 2. The van der Waals surface area contributed by atoms with Crippen molar-refractivity contribution in [2.45, 2.75) is 33.9 Å². The highest BCUT2D eigenvalue weighted by molar-refractivity contribution is 9.10. The summed E-state index contributed by atoms with van der Waals surface area (Å²) in [5.41, 5.74) is 3.41. The zero-order chi connectivity index (χ0) is 24.5. The molecule has 0 bridgehead atoms. The normalized spacial score (nSPS) is 10.8. The van der Waals surface area contributed by atoms with Crippen LogP contribution < -0.4 is 20.1 Å². The molecule has 0 saturated heterocycles. The number of ether oxygens (including phenoxy) is 2. The maximum atomic E-state index is 12.4. The standard InChI is InChI=1S/C27H30BrClN2O3/c1-4-33-25-13-19(12-23(28)26(25)34-17-21-8-5-6-11-24(21)29)16-30-22-10-7-9-20(14-22)27(32)31-15-18(2)3/h5-14,18,30H,4,15-17H2,1-3H3,(H,31,32). The number of anilines is 1. The molecule has 7 heteroatoms. The molecule has 0 aromatic heterocycles. The number of amides is 1. The van der Waals surface area contributed by atoms with Gasteiger partial charge in [0.25, 0.3) is 5.91 Å². The molecule has 3 rings (SSSR count). The Labute approximate surface area is 214 Å². The second kappa shape index (κ2) is 12.7. The summed E-state index contributed by atoms with van der Waals surface area (Å²) in [5, 5.41) is 7.00. The van der Waals surface area contributed by atoms with Crippen LogP contribution in [0.4, 0.5) is 5.69 Å².